The van der Waals surface area contributed by atoms with E-state index in [1.165, 1.54) is 6.07 Å². The number of para-hydroxylation sites is 1. The number of hydrogen-bond acceptors (Lipinski definition) is 6. The van der Waals surface area contributed by atoms with E-state index in [0.29, 0.717) is 22.7 Å². The fraction of sp³-hybridized carbons (Fsp3) is 0.118. The van der Waals surface area contributed by atoms with E-state index in [1.54, 1.807) is 36.4 Å². The first-order valence-electron chi connectivity index (χ1n) is 7.97. The molecule has 2 aromatic rings. The minimum absolute atomic E-state index is 0.0204. The summed E-state index contributed by atoms with van der Waals surface area (Å²) in [5, 5.41) is 8.01. The molecule has 9 nitrogen and oxygen atoms in total. The second kappa shape index (κ2) is 6.40. The summed E-state index contributed by atoms with van der Waals surface area (Å²) in [5.41, 5.74) is 1.52. The summed E-state index contributed by atoms with van der Waals surface area (Å²) < 4.78 is 33.2. The molecule has 10 heteroatoms. The van der Waals surface area contributed by atoms with Crippen molar-refractivity contribution in [3.05, 3.63) is 48.0 Å². The molecule has 0 aliphatic carbocycles. The van der Waals surface area contributed by atoms with E-state index in [0.717, 1.165) is 0 Å². The maximum absolute atomic E-state index is 12.3. The number of anilines is 2. The number of hydrogen-bond donors (Lipinski definition) is 3. The zero-order chi connectivity index (χ0) is 19.0. The third kappa shape index (κ3) is 3.34. The Kier molecular flexibility index (Phi) is 4.04. The molecule has 0 fully saturated rings. The zero-order valence-corrected chi connectivity index (χ0v) is 14.7. The molecule has 0 saturated heterocycles. The molecule has 0 atom stereocenters. The maximum atomic E-state index is 12.3. The minimum atomic E-state index is -3.94. The van der Waals surface area contributed by atoms with Gasteiger partial charge in [-0.15, -0.1) is 4.40 Å². The molecule has 0 unspecified atom stereocenters. The first-order valence-corrected chi connectivity index (χ1v) is 9.41. The predicted molar refractivity (Wildman–Crippen MR) is 97.1 cm³/mol. The van der Waals surface area contributed by atoms with Crippen molar-refractivity contribution in [2.24, 2.45) is 4.40 Å². The summed E-state index contributed by atoms with van der Waals surface area (Å²) in [6, 6.07) is 11.3. The van der Waals surface area contributed by atoms with Crippen molar-refractivity contribution >= 4 is 39.0 Å². The van der Waals surface area contributed by atoms with Crippen LogP contribution >= 0.6 is 0 Å². The number of amides is 2. The maximum Gasteiger partial charge on any atom is 0.288 e. The van der Waals surface area contributed by atoms with Gasteiger partial charge in [-0.1, -0.05) is 18.2 Å². The molecule has 0 saturated carbocycles. The molecule has 0 spiro atoms. The van der Waals surface area contributed by atoms with Crippen LogP contribution in [0, 0.1) is 0 Å². The number of carbonyl (C=O) groups is 2. The van der Waals surface area contributed by atoms with Crippen molar-refractivity contribution < 1.29 is 22.7 Å². The van der Waals surface area contributed by atoms with Gasteiger partial charge in [0.15, 0.2) is 6.61 Å². The van der Waals surface area contributed by atoms with Crippen molar-refractivity contribution in [1.82, 2.24) is 5.32 Å². The number of sulfonamides is 1. The van der Waals surface area contributed by atoms with E-state index in [2.05, 4.69) is 20.3 Å². The Balaban J connectivity index is 1.49. The van der Waals surface area contributed by atoms with Crippen LogP contribution in [-0.2, 0) is 26.2 Å². The lowest BCUT2D eigenvalue weighted by molar-refractivity contribution is -0.118. The number of benzene rings is 2. The monoisotopic (exact) mass is 386 g/mol. The van der Waals surface area contributed by atoms with Gasteiger partial charge in [0.1, 0.15) is 10.6 Å². The van der Waals surface area contributed by atoms with Crippen LogP contribution in [0.4, 0.5) is 11.4 Å². The molecule has 2 aromatic carbocycles. The number of amidine groups is 1. The number of ether oxygens (including phenoxy) is 1. The van der Waals surface area contributed by atoms with Gasteiger partial charge in [-0.2, -0.15) is 8.42 Å². The molecule has 2 aliphatic heterocycles. The summed E-state index contributed by atoms with van der Waals surface area (Å²) in [5.74, 6) is -0.673. The summed E-state index contributed by atoms with van der Waals surface area (Å²) in [6.07, 6.45) is 0. The molecular formula is C17H14N4O5S. The average molecular weight is 386 g/mol. The van der Waals surface area contributed by atoms with Gasteiger partial charge in [0, 0.05) is 6.54 Å². The Labute approximate surface area is 154 Å². The lowest BCUT2D eigenvalue weighted by Gasteiger charge is -2.19. The van der Waals surface area contributed by atoms with Crippen LogP contribution in [0.3, 0.4) is 0 Å². The molecule has 27 heavy (non-hydrogen) atoms. The number of rotatable bonds is 3. The van der Waals surface area contributed by atoms with Crippen LogP contribution in [0.1, 0.15) is 5.56 Å². The van der Waals surface area contributed by atoms with Gasteiger partial charge in [-0.3, -0.25) is 9.59 Å². The fourth-order valence-corrected chi connectivity index (χ4v) is 3.83. The first kappa shape index (κ1) is 17.0. The lowest BCUT2D eigenvalue weighted by Crippen LogP contribution is -2.37. The highest BCUT2D eigenvalue weighted by Gasteiger charge is 2.27. The summed E-state index contributed by atoms with van der Waals surface area (Å²) in [6.45, 7) is 0.0783. The highest BCUT2D eigenvalue weighted by molar-refractivity contribution is 7.90. The second-order valence-corrected chi connectivity index (χ2v) is 7.46. The van der Waals surface area contributed by atoms with Gasteiger partial charge in [0.2, 0.25) is 5.84 Å². The van der Waals surface area contributed by atoms with Gasteiger partial charge in [0.25, 0.3) is 21.8 Å². The quantitative estimate of drug-likeness (QED) is 0.718. The molecule has 2 amide bonds. The van der Waals surface area contributed by atoms with Gasteiger partial charge in [-0.05, 0) is 29.8 Å². The molecule has 0 aromatic heterocycles. The SMILES string of the molecule is O=C1COc2ccc(CNC(=O)C3=NS(=O)(=O)c4ccccc4N3)cc2N1. The molecule has 4 rings (SSSR count). The Hall–Kier alpha value is -3.40. The molecule has 138 valence electrons. The first-order chi connectivity index (χ1) is 12.9. The third-order valence-corrected chi connectivity index (χ3v) is 5.31. The van der Waals surface area contributed by atoms with E-state index < -0.39 is 15.9 Å². The average Bonchev–Trinajstić information content (AvgIpc) is 2.65. The van der Waals surface area contributed by atoms with E-state index in [1.807, 2.05) is 0 Å². The Morgan fingerprint density at radius 2 is 1.96 bits per heavy atom. The predicted octanol–water partition coefficient (Wildman–Crippen LogP) is 0.847. The van der Waals surface area contributed by atoms with E-state index >= 15 is 0 Å². The molecule has 3 N–H and O–H groups in total. The smallest absolute Gasteiger partial charge is 0.288 e. The van der Waals surface area contributed by atoms with Gasteiger partial charge in [-0.25, -0.2) is 0 Å². The summed E-state index contributed by atoms with van der Waals surface area (Å²) >= 11 is 0. The van der Waals surface area contributed by atoms with Gasteiger partial charge in [0.05, 0.1) is 11.4 Å². The number of carbonyl (C=O) groups excluding carboxylic acids is 2. The molecule has 0 radical (unpaired) electrons. The van der Waals surface area contributed by atoms with Crippen molar-refractivity contribution in [1.29, 1.82) is 0 Å². The highest BCUT2D eigenvalue weighted by atomic mass is 32.2. The topological polar surface area (TPSA) is 126 Å². The van der Waals surface area contributed by atoms with Crippen LogP contribution in [-0.4, -0.2) is 32.7 Å². The zero-order valence-electron chi connectivity index (χ0n) is 13.9. The summed E-state index contributed by atoms with van der Waals surface area (Å²) in [4.78, 5) is 23.8. The lowest BCUT2D eigenvalue weighted by atomic mass is 10.1. The van der Waals surface area contributed by atoms with Crippen molar-refractivity contribution in [2.45, 2.75) is 11.4 Å². The number of nitrogens with one attached hydrogen (secondary N) is 3. The molecular weight excluding hydrogens is 372 g/mol. The standard InChI is InChI=1S/C17H14N4O5S/c22-15-9-26-13-6-5-10(7-12(13)19-15)8-18-17(23)16-20-11-3-1-2-4-14(11)27(24,25)21-16/h1-7H,8-9H2,(H,18,23)(H,19,22)(H,20,21). The highest BCUT2D eigenvalue weighted by Crippen LogP contribution is 2.29. The van der Waals surface area contributed by atoms with E-state index in [-0.39, 0.29) is 29.8 Å². The Morgan fingerprint density at radius 1 is 1.15 bits per heavy atom. The van der Waals surface area contributed by atoms with Crippen molar-refractivity contribution in [3.63, 3.8) is 0 Å². The summed E-state index contributed by atoms with van der Waals surface area (Å²) in [7, 11) is -3.94. The van der Waals surface area contributed by atoms with Crippen LogP contribution in [0.25, 0.3) is 0 Å². The molecule has 0 bridgehead atoms. The molecule has 2 aliphatic rings. The molecule has 2 heterocycles. The van der Waals surface area contributed by atoms with Crippen LogP contribution in [0.5, 0.6) is 5.75 Å². The van der Waals surface area contributed by atoms with Crippen LogP contribution in [0.15, 0.2) is 51.8 Å². The third-order valence-electron chi connectivity index (χ3n) is 3.97. The van der Waals surface area contributed by atoms with Crippen molar-refractivity contribution in [3.8, 4) is 5.75 Å². The normalized spacial score (nSPS) is 16.6. The van der Waals surface area contributed by atoms with Crippen LogP contribution in [0.2, 0.25) is 0 Å². The number of nitrogens with zero attached hydrogens (tertiary/aromatic N) is 1. The van der Waals surface area contributed by atoms with Crippen molar-refractivity contribution in [2.75, 3.05) is 17.2 Å². The van der Waals surface area contributed by atoms with E-state index in [9.17, 15) is 18.0 Å². The number of fused-ring (bicyclic) bond motifs is 2. The van der Waals surface area contributed by atoms with Gasteiger partial charge < -0.3 is 20.7 Å². The Bertz CT molecular complexity index is 1090. The second-order valence-electron chi connectivity index (χ2n) is 5.89. The largest absolute Gasteiger partial charge is 0.482 e. The van der Waals surface area contributed by atoms with Gasteiger partial charge >= 0.3 is 0 Å². The minimum Gasteiger partial charge on any atom is -0.482 e. The van der Waals surface area contributed by atoms with Crippen LogP contribution < -0.4 is 20.7 Å². The fourth-order valence-electron chi connectivity index (χ4n) is 2.72. The Morgan fingerprint density at radius 3 is 2.81 bits per heavy atom. The van der Waals surface area contributed by atoms with E-state index in [4.69, 9.17) is 4.74 Å².